The van der Waals surface area contributed by atoms with Crippen LogP contribution in [0.2, 0.25) is 0 Å². The number of para-hydroxylation sites is 1. The number of carbonyl (C=O) groups excluding carboxylic acids is 2. The number of nitrogens with zero attached hydrogens (tertiary/aromatic N) is 2. The molecular weight excluding hydrogens is 443 g/mol. The van der Waals surface area contributed by atoms with E-state index in [0.717, 1.165) is 18.4 Å². The third kappa shape index (κ3) is 6.07. The quantitative estimate of drug-likeness (QED) is 0.521. The van der Waals surface area contributed by atoms with E-state index in [0.29, 0.717) is 42.9 Å². The smallest absolute Gasteiger partial charge is 0.257 e. The molecule has 3 aromatic carbocycles. The number of benzene rings is 3. The molecule has 2 amide bonds. The van der Waals surface area contributed by atoms with Crippen LogP contribution in [0.4, 0.5) is 4.39 Å². The number of amides is 2. The van der Waals surface area contributed by atoms with Gasteiger partial charge in [-0.2, -0.15) is 0 Å². The first kappa shape index (κ1) is 24.5. The summed E-state index contributed by atoms with van der Waals surface area (Å²) in [6, 6.07) is 22.7. The molecule has 0 N–H and O–H groups in total. The van der Waals surface area contributed by atoms with E-state index in [-0.39, 0.29) is 24.5 Å². The van der Waals surface area contributed by atoms with Crippen molar-refractivity contribution in [3.8, 4) is 5.75 Å². The number of ether oxygens (including phenoxy) is 1. The summed E-state index contributed by atoms with van der Waals surface area (Å²) in [5, 5.41) is 0. The van der Waals surface area contributed by atoms with Crippen LogP contribution in [0.15, 0.2) is 78.9 Å². The fourth-order valence-electron chi connectivity index (χ4n) is 4.50. The molecule has 0 unspecified atom stereocenters. The lowest BCUT2D eigenvalue weighted by Crippen LogP contribution is -2.46. The topological polar surface area (TPSA) is 49.9 Å². The molecule has 0 bridgehead atoms. The van der Waals surface area contributed by atoms with Gasteiger partial charge in [-0.15, -0.1) is 0 Å². The summed E-state index contributed by atoms with van der Waals surface area (Å²) in [4.78, 5) is 30.4. The minimum absolute atomic E-state index is 0.0454. The van der Waals surface area contributed by atoms with Crippen LogP contribution in [0.5, 0.6) is 5.75 Å². The van der Waals surface area contributed by atoms with Crippen molar-refractivity contribution in [3.63, 3.8) is 0 Å². The maximum Gasteiger partial charge on any atom is 0.257 e. The van der Waals surface area contributed by atoms with Gasteiger partial charge in [-0.05, 0) is 62.1 Å². The summed E-state index contributed by atoms with van der Waals surface area (Å²) in [5.41, 5.74) is 1.92. The summed E-state index contributed by atoms with van der Waals surface area (Å²) >= 11 is 0. The monoisotopic (exact) mass is 474 g/mol. The third-order valence-corrected chi connectivity index (χ3v) is 6.38. The Bertz CT molecular complexity index is 1150. The van der Waals surface area contributed by atoms with Crippen LogP contribution in [-0.2, 0) is 6.42 Å². The van der Waals surface area contributed by atoms with Gasteiger partial charge in [0.1, 0.15) is 18.2 Å². The summed E-state index contributed by atoms with van der Waals surface area (Å²) in [7, 11) is 0. The van der Waals surface area contributed by atoms with E-state index in [9.17, 15) is 14.0 Å². The van der Waals surface area contributed by atoms with Gasteiger partial charge in [-0.25, -0.2) is 4.39 Å². The van der Waals surface area contributed by atoms with Gasteiger partial charge in [-0.1, -0.05) is 48.5 Å². The number of halogens is 1. The van der Waals surface area contributed by atoms with Gasteiger partial charge >= 0.3 is 0 Å². The lowest BCUT2D eigenvalue weighted by molar-refractivity contribution is 0.0586. The Morgan fingerprint density at radius 2 is 1.71 bits per heavy atom. The Hall–Kier alpha value is -3.67. The van der Waals surface area contributed by atoms with E-state index < -0.39 is 5.82 Å². The van der Waals surface area contributed by atoms with Crippen molar-refractivity contribution in [1.82, 2.24) is 9.80 Å². The zero-order chi connectivity index (χ0) is 24.6. The predicted molar refractivity (Wildman–Crippen MR) is 134 cm³/mol. The van der Waals surface area contributed by atoms with Gasteiger partial charge in [0.2, 0.25) is 0 Å². The van der Waals surface area contributed by atoms with Crippen molar-refractivity contribution >= 4 is 11.8 Å². The predicted octanol–water partition coefficient (Wildman–Crippen LogP) is 5.21. The molecule has 182 valence electrons. The zero-order valence-corrected chi connectivity index (χ0v) is 20.0. The first-order valence-corrected chi connectivity index (χ1v) is 12.2. The first-order valence-electron chi connectivity index (χ1n) is 12.2. The Balaban J connectivity index is 1.70. The number of carbonyl (C=O) groups is 2. The van der Waals surface area contributed by atoms with Crippen molar-refractivity contribution in [2.24, 2.45) is 0 Å². The lowest BCUT2D eigenvalue weighted by atomic mass is 10.0. The van der Waals surface area contributed by atoms with Crippen molar-refractivity contribution < 1.29 is 18.7 Å². The minimum Gasteiger partial charge on any atom is -0.491 e. The van der Waals surface area contributed by atoms with Crippen molar-refractivity contribution in [2.45, 2.75) is 32.2 Å². The van der Waals surface area contributed by atoms with Crippen LogP contribution >= 0.6 is 0 Å². The average molecular weight is 475 g/mol. The maximum atomic E-state index is 14.0. The SMILES string of the molecule is CCN1CCCCN(C(=O)c2cccc(F)c2)[C@@H](Cc2ccccc2)COc2ccccc2C1=O. The molecule has 5 nitrogen and oxygen atoms in total. The fourth-order valence-corrected chi connectivity index (χ4v) is 4.50. The molecule has 0 fully saturated rings. The first-order chi connectivity index (χ1) is 17.1. The van der Waals surface area contributed by atoms with Crippen LogP contribution in [0.3, 0.4) is 0 Å². The van der Waals surface area contributed by atoms with Gasteiger partial charge in [-0.3, -0.25) is 9.59 Å². The molecule has 35 heavy (non-hydrogen) atoms. The lowest BCUT2D eigenvalue weighted by Gasteiger charge is -2.33. The normalized spacial score (nSPS) is 17.1. The minimum atomic E-state index is -0.438. The molecule has 6 heteroatoms. The highest BCUT2D eigenvalue weighted by molar-refractivity contribution is 5.97. The standard InChI is InChI=1S/C29H31FN2O3/c1-2-31-17-8-9-18-32(28(33)23-13-10-14-24(30)20-23)25(19-22-11-4-3-5-12-22)21-35-27-16-7-6-15-26(27)29(31)34/h3-7,10-16,20,25H,2,8-9,17-19,21H2,1H3/t25-/m0/s1. The highest BCUT2D eigenvalue weighted by Crippen LogP contribution is 2.23. The Labute approximate surface area is 206 Å². The van der Waals surface area contributed by atoms with Crippen LogP contribution in [-0.4, -0.2) is 53.9 Å². The van der Waals surface area contributed by atoms with Crippen LogP contribution < -0.4 is 4.74 Å². The molecule has 0 spiro atoms. The Morgan fingerprint density at radius 3 is 2.49 bits per heavy atom. The van der Waals surface area contributed by atoms with Crippen molar-refractivity contribution in [3.05, 3.63) is 101 Å². The summed E-state index contributed by atoms with van der Waals surface area (Å²) < 4.78 is 20.2. The largest absolute Gasteiger partial charge is 0.491 e. The number of fused-ring (bicyclic) bond motifs is 1. The van der Waals surface area contributed by atoms with E-state index >= 15 is 0 Å². The van der Waals surface area contributed by atoms with Crippen LogP contribution in [0, 0.1) is 5.82 Å². The molecule has 4 rings (SSSR count). The highest BCUT2D eigenvalue weighted by Gasteiger charge is 2.28. The second-order valence-electron chi connectivity index (χ2n) is 8.75. The number of hydrogen-bond donors (Lipinski definition) is 0. The van der Waals surface area contributed by atoms with Gasteiger partial charge in [0, 0.05) is 25.2 Å². The molecule has 3 aromatic rings. The van der Waals surface area contributed by atoms with Gasteiger partial charge in [0.25, 0.3) is 11.8 Å². The highest BCUT2D eigenvalue weighted by atomic mass is 19.1. The number of rotatable bonds is 4. The van der Waals surface area contributed by atoms with Gasteiger partial charge in [0.05, 0.1) is 11.6 Å². The summed E-state index contributed by atoms with van der Waals surface area (Å²) in [5.74, 6) is -0.196. The second kappa shape index (κ2) is 11.6. The van der Waals surface area contributed by atoms with E-state index in [1.807, 2.05) is 59.2 Å². The molecule has 1 aliphatic rings. The molecule has 0 aliphatic carbocycles. The van der Waals surface area contributed by atoms with E-state index in [1.54, 1.807) is 24.3 Å². The maximum absolute atomic E-state index is 14.0. The Kier molecular flexibility index (Phi) is 8.14. The Morgan fingerprint density at radius 1 is 0.971 bits per heavy atom. The molecule has 0 aromatic heterocycles. The third-order valence-electron chi connectivity index (χ3n) is 6.38. The molecule has 1 heterocycles. The molecule has 0 saturated heterocycles. The molecule has 1 atom stereocenters. The average Bonchev–Trinajstić information content (AvgIpc) is 2.88. The van der Waals surface area contributed by atoms with Crippen molar-refractivity contribution in [1.29, 1.82) is 0 Å². The number of hydrogen-bond acceptors (Lipinski definition) is 3. The van der Waals surface area contributed by atoms with Gasteiger partial charge < -0.3 is 14.5 Å². The molecule has 0 radical (unpaired) electrons. The molecular formula is C29H31FN2O3. The van der Waals surface area contributed by atoms with Crippen molar-refractivity contribution in [2.75, 3.05) is 26.2 Å². The molecule has 1 aliphatic heterocycles. The molecule has 0 saturated carbocycles. The fraction of sp³-hybridized carbons (Fsp3) is 0.310. The second-order valence-corrected chi connectivity index (χ2v) is 8.75. The summed E-state index contributed by atoms with van der Waals surface area (Å²) in [6.07, 6.45) is 2.06. The van der Waals surface area contributed by atoms with Gasteiger partial charge in [0.15, 0.2) is 0 Å². The van der Waals surface area contributed by atoms with E-state index in [1.165, 1.54) is 12.1 Å². The van der Waals surface area contributed by atoms with Crippen LogP contribution in [0.25, 0.3) is 0 Å². The zero-order valence-electron chi connectivity index (χ0n) is 20.0. The van der Waals surface area contributed by atoms with Crippen LogP contribution in [0.1, 0.15) is 46.0 Å². The van der Waals surface area contributed by atoms with E-state index in [2.05, 4.69) is 0 Å². The summed E-state index contributed by atoms with van der Waals surface area (Å²) in [6.45, 7) is 3.85. The van der Waals surface area contributed by atoms with E-state index in [4.69, 9.17) is 4.74 Å².